The van der Waals surface area contributed by atoms with Gasteiger partial charge in [-0.05, 0) is 55.7 Å². The van der Waals surface area contributed by atoms with E-state index in [1.165, 1.54) is 11.1 Å². The number of nitrogens with zero attached hydrogens (tertiary/aromatic N) is 1. The summed E-state index contributed by atoms with van der Waals surface area (Å²) in [5.41, 5.74) is 4.70. The molecule has 0 spiro atoms. The molecule has 1 saturated carbocycles. The first-order valence-corrected chi connectivity index (χ1v) is 9.03. The zero-order valence-corrected chi connectivity index (χ0v) is 14.2. The standard InChI is InChI=1S/C18H22N2O2S/c1-12-3-4-16(11-19-12)14-5-7-15(8-6-14)18-10-17(18)9-13(2)20-23(21)22/h3-8,11,13,17-18,20H,9-10H2,1-2H3,(H,21,22). The van der Waals surface area contributed by atoms with E-state index in [1.54, 1.807) is 0 Å². The lowest BCUT2D eigenvalue weighted by Gasteiger charge is -2.10. The molecule has 1 aliphatic rings. The van der Waals surface area contributed by atoms with E-state index >= 15 is 0 Å². The lowest BCUT2D eigenvalue weighted by atomic mass is 10.0. The molecule has 1 heterocycles. The van der Waals surface area contributed by atoms with Crippen LogP contribution in [0.5, 0.6) is 0 Å². The summed E-state index contributed by atoms with van der Waals surface area (Å²) in [5.74, 6) is 1.18. The topological polar surface area (TPSA) is 62.2 Å². The Morgan fingerprint density at radius 1 is 1.26 bits per heavy atom. The Bertz CT molecular complexity index is 685. The summed E-state index contributed by atoms with van der Waals surface area (Å²) < 4.78 is 22.2. The maximum absolute atomic E-state index is 10.8. The highest BCUT2D eigenvalue weighted by molar-refractivity contribution is 7.77. The second kappa shape index (κ2) is 6.91. The molecular formula is C18H22N2O2S. The quantitative estimate of drug-likeness (QED) is 0.795. The number of nitrogens with one attached hydrogen (secondary N) is 1. The Balaban J connectivity index is 1.60. The van der Waals surface area contributed by atoms with Crippen LogP contribution in [0.4, 0.5) is 0 Å². The van der Waals surface area contributed by atoms with Gasteiger partial charge < -0.3 is 0 Å². The zero-order valence-electron chi connectivity index (χ0n) is 13.4. The minimum atomic E-state index is -1.92. The van der Waals surface area contributed by atoms with Crippen molar-refractivity contribution in [3.05, 3.63) is 53.9 Å². The van der Waals surface area contributed by atoms with Crippen molar-refractivity contribution < 1.29 is 8.76 Å². The minimum absolute atomic E-state index is 0.0636. The van der Waals surface area contributed by atoms with Crippen LogP contribution in [-0.4, -0.2) is 19.8 Å². The molecule has 0 aliphatic heterocycles. The summed E-state index contributed by atoms with van der Waals surface area (Å²) in [4.78, 5) is 4.34. The summed E-state index contributed by atoms with van der Waals surface area (Å²) in [6, 6.07) is 12.9. The maximum Gasteiger partial charge on any atom is 0.231 e. The van der Waals surface area contributed by atoms with Crippen LogP contribution in [0.15, 0.2) is 42.6 Å². The van der Waals surface area contributed by atoms with Gasteiger partial charge in [-0.25, -0.2) is 8.93 Å². The van der Waals surface area contributed by atoms with Crippen molar-refractivity contribution >= 4 is 11.3 Å². The highest BCUT2D eigenvalue weighted by atomic mass is 32.2. The van der Waals surface area contributed by atoms with Crippen LogP contribution >= 0.6 is 0 Å². The first kappa shape index (κ1) is 16.3. The molecular weight excluding hydrogens is 308 g/mol. The van der Waals surface area contributed by atoms with Crippen LogP contribution in [0.3, 0.4) is 0 Å². The third kappa shape index (κ3) is 4.25. The van der Waals surface area contributed by atoms with E-state index in [2.05, 4.69) is 40.0 Å². The second-order valence-corrected chi connectivity index (χ2v) is 7.15. The highest BCUT2D eigenvalue weighted by Crippen LogP contribution is 2.50. The van der Waals surface area contributed by atoms with Gasteiger partial charge in [0.2, 0.25) is 11.3 Å². The average molecular weight is 330 g/mol. The van der Waals surface area contributed by atoms with Gasteiger partial charge in [0.05, 0.1) is 0 Å². The predicted molar refractivity (Wildman–Crippen MR) is 93.2 cm³/mol. The van der Waals surface area contributed by atoms with E-state index < -0.39 is 11.3 Å². The van der Waals surface area contributed by atoms with E-state index in [-0.39, 0.29) is 6.04 Å². The van der Waals surface area contributed by atoms with E-state index in [4.69, 9.17) is 4.55 Å². The first-order valence-electron chi connectivity index (χ1n) is 7.93. The van der Waals surface area contributed by atoms with Crippen LogP contribution in [0.2, 0.25) is 0 Å². The SMILES string of the molecule is Cc1ccc(-c2ccc(C3CC3CC(C)NS(=O)O)cc2)cn1. The Morgan fingerprint density at radius 3 is 2.57 bits per heavy atom. The number of rotatable bonds is 6. The molecule has 0 saturated heterocycles. The molecule has 0 amide bonds. The Kier molecular flexibility index (Phi) is 4.90. The number of aryl methyl sites for hydroxylation is 1. The average Bonchev–Trinajstić information content (AvgIpc) is 3.26. The van der Waals surface area contributed by atoms with Crippen LogP contribution in [0.1, 0.15) is 36.9 Å². The molecule has 0 bridgehead atoms. The van der Waals surface area contributed by atoms with E-state index in [1.807, 2.05) is 26.1 Å². The normalized spacial score (nSPS) is 22.6. The number of benzene rings is 1. The minimum Gasteiger partial charge on any atom is -0.294 e. The third-order valence-electron chi connectivity index (χ3n) is 4.46. The summed E-state index contributed by atoms with van der Waals surface area (Å²) >= 11 is -1.92. The molecule has 122 valence electrons. The van der Waals surface area contributed by atoms with Gasteiger partial charge in [0.15, 0.2) is 0 Å². The second-order valence-electron chi connectivity index (χ2n) is 6.42. The van der Waals surface area contributed by atoms with Gasteiger partial charge in [-0.2, -0.15) is 0 Å². The number of hydrogen-bond donors (Lipinski definition) is 2. The van der Waals surface area contributed by atoms with Crippen LogP contribution in [0, 0.1) is 12.8 Å². The fraction of sp³-hybridized carbons (Fsp3) is 0.389. The molecule has 2 aromatic rings. The molecule has 1 aliphatic carbocycles. The Labute approximate surface area is 139 Å². The largest absolute Gasteiger partial charge is 0.294 e. The van der Waals surface area contributed by atoms with E-state index in [0.717, 1.165) is 24.1 Å². The van der Waals surface area contributed by atoms with E-state index in [0.29, 0.717) is 11.8 Å². The number of hydrogen-bond acceptors (Lipinski definition) is 2. The van der Waals surface area contributed by atoms with Gasteiger partial charge in [-0.1, -0.05) is 30.3 Å². The molecule has 4 nitrogen and oxygen atoms in total. The summed E-state index contributed by atoms with van der Waals surface area (Å²) in [5, 5.41) is 0. The monoisotopic (exact) mass is 330 g/mol. The number of aromatic nitrogens is 1. The Hall–Kier alpha value is -1.56. The molecule has 1 fully saturated rings. The van der Waals surface area contributed by atoms with Gasteiger partial charge in [0.1, 0.15) is 0 Å². The molecule has 4 atom stereocenters. The fourth-order valence-corrected chi connectivity index (χ4v) is 3.59. The van der Waals surface area contributed by atoms with Crippen molar-refractivity contribution in [2.75, 3.05) is 0 Å². The summed E-state index contributed by atoms with van der Waals surface area (Å²) in [6.07, 6.45) is 4.00. The van der Waals surface area contributed by atoms with Gasteiger partial charge in [0.25, 0.3) is 0 Å². The van der Waals surface area contributed by atoms with Crippen molar-refractivity contribution in [3.63, 3.8) is 0 Å². The van der Waals surface area contributed by atoms with Crippen LogP contribution in [-0.2, 0) is 11.3 Å². The molecule has 1 aromatic heterocycles. The van der Waals surface area contributed by atoms with Crippen molar-refractivity contribution in [2.45, 2.75) is 38.6 Å². The van der Waals surface area contributed by atoms with Gasteiger partial charge in [0, 0.05) is 23.5 Å². The van der Waals surface area contributed by atoms with Gasteiger partial charge in [-0.3, -0.25) is 9.54 Å². The Morgan fingerprint density at radius 2 is 1.96 bits per heavy atom. The van der Waals surface area contributed by atoms with Crippen LogP contribution < -0.4 is 4.72 Å². The molecule has 2 N–H and O–H groups in total. The predicted octanol–water partition coefficient (Wildman–Crippen LogP) is 3.67. The van der Waals surface area contributed by atoms with Crippen molar-refractivity contribution in [1.82, 2.24) is 9.71 Å². The summed E-state index contributed by atoms with van der Waals surface area (Å²) in [7, 11) is 0. The molecule has 0 radical (unpaired) electrons. The number of pyridine rings is 1. The molecule has 23 heavy (non-hydrogen) atoms. The third-order valence-corrected chi connectivity index (χ3v) is 5.07. The highest BCUT2D eigenvalue weighted by Gasteiger charge is 2.38. The molecule has 4 unspecified atom stereocenters. The van der Waals surface area contributed by atoms with Crippen molar-refractivity contribution in [3.8, 4) is 11.1 Å². The van der Waals surface area contributed by atoms with Gasteiger partial charge >= 0.3 is 0 Å². The molecule has 1 aromatic carbocycles. The zero-order chi connectivity index (χ0) is 16.4. The maximum atomic E-state index is 10.8. The fourth-order valence-electron chi connectivity index (χ4n) is 3.15. The van der Waals surface area contributed by atoms with Crippen molar-refractivity contribution in [1.29, 1.82) is 0 Å². The molecule has 5 heteroatoms. The van der Waals surface area contributed by atoms with Crippen LogP contribution in [0.25, 0.3) is 11.1 Å². The summed E-state index contributed by atoms with van der Waals surface area (Å²) in [6.45, 7) is 3.94. The van der Waals surface area contributed by atoms with E-state index in [9.17, 15) is 4.21 Å². The molecule has 3 rings (SSSR count). The smallest absolute Gasteiger partial charge is 0.231 e. The van der Waals surface area contributed by atoms with Gasteiger partial charge in [-0.15, -0.1) is 0 Å². The lowest BCUT2D eigenvalue weighted by Crippen LogP contribution is -2.28. The first-order chi connectivity index (χ1) is 11.0. The van der Waals surface area contributed by atoms with Crippen molar-refractivity contribution in [2.24, 2.45) is 5.92 Å². The lowest BCUT2D eigenvalue weighted by molar-refractivity contribution is 0.506.